The first-order valence-electron chi connectivity index (χ1n) is 7.02. The van der Waals surface area contributed by atoms with Crippen LogP contribution in [0.2, 0.25) is 0 Å². The topological polar surface area (TPSA) is 46.6 Å². The van der Waals surface area contributed by atoms with Crippen molar-refractivity contribution in [1.82, 2.24) is 4.90 Å². The molecule has 1 saturated heterocycles. The van der Waals surface area contributed by atoms with Gasteiger partial charge in [0.25, 0.3) is 0 Å². The zero-order valence-electron chi connectivity index (χ0n) is 12.6. The summed E-state index contributed by atoms with van der Waals surface area (Å²) >= 11 is 3.38. The summed E-state index contributed by atoms with van der Waals surface area (Å²) in [6.07, 6.45) is 0.532. The lowest BCUT2D eigenvalue weighted by molar-refractivity contribution is -0.162. The van der Waals surface area contributed by atoms with Crippen molar-refractivity contribution in [2.75, 3.05) is 6.54 Å². The molecule has 0 aromatic heterocycles. The molecule has 0 saturated carbocycles. The minimum atomic E-state index is -0.653. The number of hydrogen-bond donors (Lipinski definition) is 0. The van der Waals surface area contributed by atoms with Gasteiger partial charge in [-0.1, -0.05) is 28.1 Å². The van der Waals surface area contributed by atoms with Crippen molar-refractivity contribution < 1.29 is 14.3 Å². The van der Waals surface area contributed by atoms with Crippen molar-refractivity contribution in [1.29, 1.82) is 0 Å². The Kier molecular flexibility index (Phi) is 4.71. The van der Waals surface area contributed by atoms with Crippen molar-refractivity contribution in [2.24, 2.45) is 5.92 Å². The van der Waals surface area contributed by atoms with Gasteiger partial charge >= 0.3 is 5.97 Å². The molecule has 2 rings (SSSR count). The Morgan fingerprint density at radius 2 is 1.95 bits per heavy atom. The molecule has 0 bridgehead atoms. The SMILES string of the molecule is CC(C)(C)OC(=O)C1CCN(Cc2ccc(Br)cc2)C1=O. The number of benzene rings is 1. The van der Waals surface area contributed by atoms with Crippen LogP contribution in [0.4, 0.5) is 0 Å². The molecule has 0 aliphatic carbocycles. The summed E-state index contributed by atoms with van der Waals surface area (Å²) in [5.41, 5.74) is 0.493. The van der Waals surface area contributed by atoms with Crippen LogP contribution >= 0.6 is 15.9 Å². The number of carbonyl (C=O) groups is 2. The standard InChI is InChI=1S/C16H20BrNO3/c1-16(2,3)21-15(20)13-8-9-18(14(13)19)10-11-4-6-12(17)7-5-11/h4-7,13H,8-10H2,1-3H3. The molecule has 1 aromatic rings. The van der Waals surface area contributed by atoms with Gasteiger partial charge in [0.05, 0.1) is 0 Å². The quantitative estimate of drug-likeness (QED) is 0.619. The molecule has 0 N–H and O–H groups in total. The van der Waals surface area contributed by atoms with E-state index in [9.17, 15) is 9.59 Å². The Morgan fingerprint density at radius 1 is 1.33 bits per heavy atom. The zero-order chi connectivity index (χ0) is 15.6. The highest BCUT2D eigenvalue weighted by Gasteiger charge is 2.39. The van der Waals surface area contributed by atoms with Gasteiger partial charge in [-0.25, -0.2) is 0 Å². The highest BCUT2D eigenvalue weighted by Crippen LogP contribution is 2.24. The van der Waals surface area contributed by atoms with Gasteiger partial charge in [-0.3, -0.25) is 9.59 Å². The fourth-order valence-electron chi connectivity index (χ4n) is 2.30. The lowest BCUT2D eigenvalue weighted by Gasteiger charge is -2.22. The second kappa shape index (κ2) is 6.18. The number of carbonyl (C=O) groups excluding carboxylic acids is 2. The fourth-order valence-corrected chi connectivity index (χ4v) is 2.56. The lowest BCUT2D eigenvalue weighted by atomic mass is 10.1. The Labute approximate surface area is 133 Å². The molecule has 0 radical (unpaired) electrons. The van der Waals surface area contributed by atoms with E-state index in [-0.39, 0.29) is 5.91 Å². The van der Waals surface area contributed by atoms with E-state index in [4.69, 9.17) is 4.74 Å². The smallest absolute Gasteiger partial charge is 0.319 e. The van der Waals surface area contributed by atoms with Gasteiger partial charge in [0.15, 0.2) is 0 Å². The van der Waals surface area contributed by atoms with Crippen LogP contribution in [0.15, 0.2) is 28.7 Å². The van der Waals surface area contributed by atoms with Gasteiger partial charge in [-0.2, -0.15) is 0 Å². The van der Waals surface area contributed by atoms with E-state index < -0.39 is 17.5 Å². The van der Waals surface area contributed by atoms with E-state index in [0.717, 1.165) is 10.0 Å². The van der Waals surface area contributed by atoms with Crippen molar-refractivity contribution in [3.05, 3.63) is 34.3 Å². The van der Waals surface area contributed by atoms with Crippen molar-refractivity contribution in [2.45, 2.75) is 39.3 Å². The van der Waals surface area contributed by atoms with Gasteiger partial charge in [0.2, 0.25) is 5.91 Å². The van der Waals surface area contributed by atoms with Gasteiger partial charge in [-0.15, -0.1) is 0 Å². The number of likely N-dealkylation sites (tertiary alicyclic amines) is 1. The second-order valence-electron chi connectivity index (χ2n) is 6.26. The molecule has 1 aliphatic rings. The van der Waals surface area contributed by atoms with Gasteiger partial charge in [0.1, 0.15) is 11.5 Å². The number of nitrogens with zero attached hydrogens (tertiary/aromatic N) is 1. The summed E-state index contributed by atoms with van der Waals surface area (Å²) in [6, 6.07) is 7.83. The molecule has 0 spiro atoms. The van der Waals surface area contributed by atoms with E-state index in [1.807, 2.05) is 45.0 Å². The van der Waals surface area contributed by atoms with E-state index in [1.165, 1.54) is 0 Å². The molecule has 1 heterocycles. The molecule has 1 aromatic carbocycles. The summed E-state index contributed by atoms with van der Waals surface area (Å²) < 4.78 is 6.32. The first kappa shape index (κ1) is 16.0. The van der Waals surface area contributed by atoms with E-state index in [2.05, 4.69) is 15.9 Å². The number of esters is 1. The molecule has 21 heavy (non-hydrogen) atoms. The molecular formula is C16H20BrNO3. The third-order valence-corrected chi connectivity index (χ3v) is 3.80. The van der Waals surface area contributed by atoms with Crippen LogP contribution in [0, 0.1) is 5.92 Å². The monoisotopic (exact) mass is 353 g/mol. The van der Waals surface area contributed by atoms with Crippen molar-refractivity contribution in [3.8, 4) is 0 Å². The van der Waals surface area contributed by atoms with Crippen molar-refractivity contribution in [3.63, 3.8) is 0 Å². The van der Waals surface area contributed by atoms with Crippen LogP contribution in [0.3, 0.4) is 0 Å². The maximum atomic E-state index is 12.3. The maximum Gasteiger partial charge on any atom is 0.319 e. The first-order chi connectivity index (χ1) is 9.76. The number of halogens is 1. The number of ether oxygens (including phenoxy) is 1. The second-order valence-corrected chi connectivity index (χ2v) is 7.18. The molecule has 1 atom stereocenters. The van der Waals surface area contributed by atoms with Crippen LogP contribution in [0.25, 0.3) is 0 Å². The minimum absolute atomic E-state index is 0.132. The van der Waals surface area contributed by atoms with Gasteiger partial charge in [-0.05, 0) is 44.9 Å². The molecule has 1 amide bonds. The number of rotatable bonds is 3. The summed E-state index contributed by atoms with van der Waals surface area (Å²) in [6.45, 7) is 6.56. The summed E-state index contributed by atoms with van der Waals surface area (Å²) in [4.78, 5) is 26.1. The highest BCUT2D eigenvalue weighted by molar-refractivity contribution is 9.10. The van der Waals surface area contributed by atoms with Crippen LogP contribution in [-0.4, -0.2) is 28.9 Å². The molecular weight excluding hydrogens is 334 g/mol. The van der Waals surface area contributed by atoms with E-state index in [1.54, 1.807) is 4.90 Å². The Bertz CT molecular complexity index is 533. The minimum Gasteiger partial charge on any atom is -0.459 e. The first-order valence-corrected chi connectivity index (χ1v) is 7.82. The summed E-state index contributed by atoms with van der Waals surface area (Å²) in [5, 5.41) is 0. The molecule has 1 unspecified atom stereocenters. The van der Waals surface area contributed by atoms with Gasteiger partial charge < -0.3 is 9.64 Å². The molecule has 1 aliphatic heterocycles. The zero-order valence-corrected chi connectivity index (χ0v) is 14.1. The Balaban J connectivity index is 1.98. The normalized spacial score (nSPS) is 19.0. The molecule has 1 fully saturated rings. The fraction of sp³-hybridized carbons (Fsp3) is 0.500. The maximum absolute atomic E-state index is 12.3. The lowest BCUT2D eigenvalue weighted by Crippen LogP contribution is -2.34. The number of hydrogen-bond acceptors (Lipinski definition) is 3. The molecule has 114 valence electrons. The molecule has 4 nitrogen and oxygen atoms in total. The highest BCUT2D eigenvalue weighted by atomic mass is 79.9. The van der Waals surface area contributed by atoms with Crippen LogP contribution in [0.1, 0.15) is 32.8 Å². The predicted octanol–water partition coefficient (Wildman–Crippen LogP) is 3.14. The largest absolute Gasteiger partial charge is 0.459 e. The van der Waals surface area contributed by atoms with Crippen molar-refractivity contribution >= 4 is 27.8 Å². The predicted molar refractivity (Wildman–Crippen MR) is 83.5 cm³/mol. The van der Waals surface area contributed by atoms with Crippen LogP contribution in [0.5, 0.6) is 0 Å². The number of amides is 1. The third kappa shape index (κ3) is 4.30. The Morgan fingerprint density at radius 3 is 2.52 bits per heavy atom. The van der Waals surface area contributed by atoms with E-state index in [0.29, 0.717) is 19.5 Å². The van der Waals surface area contributed by atoms with Gasteiger partial charge in [0, 0.05) is 17.6 Å². The average Bonchev–Trinajstić information content (AvgIpc) is 2.72. The third-order valence-electron chi connectivity index (χ3n) is 3.28. The molecule has 5 heteroatoms. The van der Waals surface area contributed by atoms with Crippen LogP contribution in [-0.2, 0) is 20.9 Å². The summed E-state index contributed by atoms with van der Waals surface area (Å²) in [5.74, 6) is -1.20. The summed E-state index contributed by atoms with van der Waals surface area (Å²) in [7, 11) is 0. The van der Waals surface area contributed by atoms with E-state index >= 15 is 0 Å². The Hall–Kier alpha value is -1.36. The average molecular weight is 354 g/mol. The van der Waals surface area contributed by atoms with Crippen LogP contribution < -0.4 is 0 Å².